The molecule has 0 aromatic heterocycles. The second-order valence-corrected chi connectivity index (χ2v) is 6.79. The molecule has 0 radical (unpaired) electrons. The zero-order valence-electron chi connectivity index (χ0n) is 12.9. The standard InChI is InChI=1S/C18H18Cl2N2O.ClH/c19-13-6-12(7-14(20)8-13)15-9-16(15)18(23)22-10-17(21)11-4-2-1-3-5-11;/h1-8,15-17H,9-10,21H2,(H,22,23);1H. The highest BCUT2D eigenvalue weighted by atomic mass is 35.5. The first-order chi connectivity index (χ1) is 11.0. The molecule has 3 N–H and O–H groups in total. The third-order valence-corrected chi connectivity index (χ3v) is 4.60. The predicted molar refractivity (Wildman–Crippen MR) is 101 cm³/mol. The summed E-state index contributed by atoms with van der Waals surface area (Å²) in [6.45, 7) is 0.433. The minimum Gasteiger partial charge on any atom is -0.354 e. The van der Waals surface area contributed by atoms with Gasteiger partial charge in [-0.05, 0) is 41.7 Å². The van der Waals surface area contributed by atoms with E-state index in [2.05, 4.69) is 5.32 Å². The summed E-state index contributed by atoms with van der Waals surface area (Å²) < 4.78 is 0. The Balaban J connectivity index is 0.00000208. The van der Waals surface area contributed by atoms with Crippen LogP contribution in [0.5, 0.6) is 0 Å². The largest absolute Gasteiger partial charge is 0.354 e. The van der Waals surface area contributed by atoms with Crippen molar-refractivity contribution in [3.63, 3.8) is 0 Å². The first kappa shape index (κ1) is 19.1. The third-order valence-electron chi connectivity index (χ3n) is 4.16. The van der Waals surface area contributed by atoms with Gasteiger partial charge in [-0.3, -0.25) is 4.79 Å². The van der Waals surface area contributed by atoms with Crippen molar-refractivity contribution in [2.45, 2.75) is 18.4 Å². The highest BCUT2D eigenvalue weighted by Crippen LogP contribution is 2.48. The summed E-state index contributed by atoms with van der Waals surface area (Å²) in [4.78, 5) is 12.3. The van der Waals surface area contributed by atoms with Crippen molar-refractivity contribution >= 4 is 41.5 Å². The van der Waals surface area contributed by atoms with E-state index in [4.69, 9.17) is 28.9 Å². The fourth-order valence-electron chi connectivity index (χ4n) is 2.80. The van der Waals surface area contributed by atoms with Crippen LogP contribution < -0.4 is 11.1 Å². The van der Waals surface area contributed by atoms with Gasteiger partial charge >= 0.3 is 0 Å². The van der Waals surface area contributed by atoms with Gasteiger partial charge in [0.2, 0.25) is 5.91 Å². The van der Waals surface area contributed by atoms with E-state index in [0.717, 1.165) is 17.5 Å². The average Bonchev–Trinajstić information content (AvgIpc) is 3.33. The first-order valence-corrected chi connectivity index (χ1v) is 8.34. The second-order valence-electron chi connectivity index (χ2n) is 5.91. The van der Waals surface area contributed by atoms with Gasteiger partial charge in [0, 0.05) is 28.5 Å². The molecule has 3 rings (SSSR count). The molecule has 3 unspecified atom stereocenters. The van der Waals surface area contributed by atoms with Crippen molar-refractivity contribution in [1.82, 2.24) is 5.32 Å². The molecule has 1 aliphatic carbocycles. The van der Waals surface area contributed by atoms with Gasteiger partial charge in [0.15, 0.2) is 0 Å². The highest BCUT2D eigenvalue weighted by molar-refractivity contribution is 6.34. The molecule has 2 aromatic rings. The van der Waals surface area contributed by atoms with E-state index < -0.39 is 0 Å². The summed E-state index contributed by atoms with van der Waals surface area (Å²) >= 11 is 12.0. The van der Waals surface area contributed by atoms with Crippen molar-refractivity contribution in [1.29, 1.82) is 0 Å². The van der Waals surface area contributed by atoms with E-state index in [1.165, 1.54) is 0 Å². The normalized spacial score (nSPS) is 20.0. The smallest absolute Gasteiger partial charge is 0.223 e. The quantitative estimate of drug-likeness (QED) is 0.804. The minimum absolute atomic E-state index is 0. The number of nitrogens with two attached hydrogens (primary N) is 1. The summed E-state index contributed by atoms with van der Waals surface area (Å²) in [5, 5.41) is 4.14. The Hall–Kier alpha value is -1.26. The number of halogens is 3. The van der Waals surface area contributed by atoms with Crippen molar-refractivity contribution in [3.05, 3.63) is 69.7 Å². The second kappa shape index (κ2) is 8.21. The van der Waals surface area contributed by atoms with Crippen LogP contribution in [0.2, 0.25) is 10.0 Å². The van der Waals surface area contributed by atoms with Gasteiger partial charge in [-0.1, -0.05) is 53.5 Å². The van der Waals surface area contributed by atoms with Crippen LogP contribution in [0.25, 0.3) is 0 Å². The SMILES string of the molecule is Cl.NC(CNC(=O)C1CC1c1cc(Cl)cc(Cl)c1)c1ccccc1. The highest BCUT2D eigenvalue weighted by Gasteiger charge is 2.44. The summed E-state index contributed by atoms with van der Waals surface area (Å²) in [5.41, 5.74) is 8.14. The number of nitrogens with one attached hydrogen (secondary N) is 1. The Morgan fingerprint density at radius 1 is 1.17 bits per heavy atom. The van der Waals surface area contributed by atoms with Crippen LogP contribution in [0, 0.1) is 5.92 Å². The van der Waals surface area contributed by atoms with E-state index in [9.17, 15) is 4.79 Å². The van der Waals surface area contributed by atoms with E-state index in [1.807, 2.05) is 42.5 Å². The lowest BCUT2D eigenvalue weighted by Crippen LogP contribution is -2.33. The summed E-state index contributed by atoms with van der Waals surface area (Å²) in [7, 11) is 0. The fourth-order valence-corrected chi connectivity index (χ4v) is 3.35. The Kier molecular flexibility index (Phi) is 6.53. The van der Waals surface area contributed by atoms with Crippen LogP contribution in [0.15, 0.2) is 48.5 Å². The van der Waals surface area contributed by atoms with Crippen LogP contribution >= 0.6 is 35.6 Å². The molecule has 3 nitrogen and oxygen atoms in total. The number of amides is 1. The molecule has 0 saturated heterocycles. The molecular weight excluding hydrogens is 367 g/mol. The van der Waals surface area contributed by atoms with Crippen LogP contribution in [0.1, 0.15) is 29.5 Å². The van der Waals surface area contributed by atoms with Crippen LogP contribution in [-0.4, -0.2) is 12.5 Å². The number of hydrogen-bond acceptors (Lipinski definition) is 2. The number of carbonyl (C=O) groups is 1. The van der Waals surface area contributed by atoms with Gasteiger partial charge in [-0.15, -0.1) is 12.4 Å². The van der Waals surface area contributed by atoms with Gasteiger partial charge in [0.1, 0.15) is 0 Å². The first-order valence-electron chi connectivity index (χ1n) is 7.59. The lowest BCUT2D eigenvalue weighted by Gasteiger charge is -2.13. The summed E-state index contributed by atoms with van der Waals surface area (Å²) in [6.07, 6.45) is 0.822. The molecule has 1 fully saturated rings. The Bertz CT molecular complexity index is 688. The fraction of sp³-hybridized carbons (Fsp3) is 0.278. The minimum atomic E-state index is -0.196. The summed E-state index contributed by atoms with van der Waals surface area (Å²) in [5.74, 6) is 0.212. The molecule has 0 aliphatic heterocycles. The zero-order valence-corrected chi connectivity index (χ0v) is 15.2. The van der Waals surface area contributed by atoms with Gasteiger partial charge in [-0.25, -0.2) is 0 Å². The molecule has 2 aromatic carbocycles. The number of carbonyl (C=O) groups excluding carboxylic acids is 1. The Morgan fingerprint density at radius 3 is 2.42 bits per heavy atom. The van der Waals surface area contributed by atoms with Crippen LogP contribution in [0.4, 0.5) is 0 Å². The molecule has 1 aliphatic rings. The maximum atomic E-state index is 12.3. The van der Waals surface area contributed by atoms with E-state index >= 15 is 0 Å². The van der Waals surface area contributed by atoms with Crippen LogP contribution in [-0.2, 0) is 4.79 Å². The number of hydrogen-bond donors (Lipinski definition) is 2. The molecule has 24 heavy (non-hydrogen) atoms. The molecule has 0 bridgehead atoms. The third kappa shape index (κ3) is 4.64. The maximum Gasteiger partial charge on any atom is 0.223 e. The van der Waals surface area contributed by atoms with Crippen molar-refractivity contribution in [2.24, 2.45) is 11.7 Å². The molecule has 0 heterocycles. The van der Waals surface area contributed by atoms with Crippen molar-refractivity contribution < 1.29 is 4.79 Å². The molecule has 1 saturated carbocycles. The van der Waals surface area contributed by atoms with Gasteiger partial charge < -0.3 is 11.1 Å². The Morgan fingerprint density at radius 2 is 1.79 bits per heavy atom. The molecule has 128 valence electrons. The topological polar surface area (TPSA) is 55.1 Å². The van der Waals surface area contributed by atoms with Gasteiger partial charge in [0.25, 0.3) is 0 Å². The molecule has 6 heteroatoms. The van der Waals surface area contributed by atoms with E-state index in [0.29, 0.717) is 16.6 Å². The van der Waals surface area contributed by atoms with Crippen LogP contribution in [0.3, 0.4) is 0 Å². The average molecular weight is 386 g/mol. The molecule has 3 atom stereocenters. The Labute approximate surface area is 157 Å². The lowest BCUT2D eigenvalue weighted by atomic mass is 10.1. The summed E-state index contributed by atoms with van der Waals surface area (Å²) in [6, 6.07) is 15.0. The lowest BCUT2D eigenvalue weighted by molar-refractivity contribution is -0.122. The number of benzene rings is 2. The van der Waals surface area contributed by atoms with Crippen molar-refractivity contribution in [3.8, 4) is 0 Å². The number of rotatable bonds is 5. The van der Waals surface area contributed by atoms with Gasteiger partial charge in [-0.2, -0.15) is 0 Å². The predicted octanol–water partition coefficient (Wildman–Crippen LogP) is 4.33. The molecule has 1 amide bonds. The van der Waals surface area contributed by atoms with Gasteiger partial charge in [0.05, 0.1) is 0 Å². The molecule has 0 spiro atoms. The maximum absolute atomic E-state index is 12.3. The monoisotopic (exact) mass is 384 g/mol. The zero-order chi connectivity index (χ0) is 16.4. The van der Waals surface area contributed by atoms with E-state index in [1.54, 1.807) is 6.07 Å². The van der Waals surface area contributed by atoms with E-state index in [-0.39, 0.29) is 36.2 Å². The molecular formula is C18H19Cl3N2O. The van der Waals surface area contributed by atoms with Crippen molar-refractivity contribution in [2.75, 3.05) is 6.54 Å².